The molecule has 0 amide bonds. The molecule has 0 fully saturated rings. The highest BCUT2D eigenvalue weighted by atomic mass is 35.5. The molecule has 1 aromatic rings. The van der Waals surface area contributed by atoms with Crippen LogP contribution in [0, 0.1) is 0 Å². The van der Waals surface area contributed by atoms with E-state index in [2.05, 4.69) is 10.2 Å². The van der Waals surface area contributed by atoms with Gasteiger partial charge >= 0.3 is 0 Å². The van der Waals surface area contributed by atoms with Gasteiger partial charge in [0.25, 0.3) is 0 Å². The first-order valence-electron chi connectivity index (χ1n) is 5.01. The topological polar surface area (TPSA) is 41.8 Å². The maximum Gasteiger partial charge on any atom is 0.178 e. The van der Waals surface area contributed by atoms with Crippen molar-refractivity contribution in [1.82, 2.24) is 0 Å². The van der Waals surface area contributed by atoms with E-state index >= 15 is 0 Å². The van der Waals surface area contributed by atoms with Crippen LogP contribution in [0.15, 0.2) is 70.6 Å². The normalized spacial score (nSPS) is 14.6. The minimum absolute atomic E-state index is 0.0169. The van der Waals surface area contributed by atoms with E-state index in [9.17, 15) is 4.79 Å². The lowest BCUT2D eigenvalue weighted by molar-refractivity contribution is -0.110. The third-order valence-corrected chi connectivity index (χ3v) is 2.34. The standard InChI is InChI=1S/C13H9ClN2O/c14-11-3-5-12(6-4-11)16-15-9-10-1-7-13(17)8-2-10/h1-9H. The number of rotatable bonds is 2. The van der Waals surface area contributed by atoms with Gasteiger partial charge < -0.3 is 0 Å². The Morgan fingerprint density at radius 1 is 1.00 bits per heavy atom. The van der Waals surface area contributed by atoms with Crippen LogP contribution in [0.3, 0.4) is 0 Å². The Labute approximate surface area is 104 Å². The first-order valence-corrected chi connectivity index (χ1v) is 5.38. The number of hydrogen-bond donors (Lipinski definition) is 0. The zero-order chi connectivity index (χ0) is 12.1. The number of hydrogen-bond acceptors (Lipinski definition) is 3. The molecule has 0 spiro atoms. The summed E-state index contributed by atoms with van der Waals surface area (Å²) in [5.74, 6) is -0.0169. The number of ketones is 1. The first kappa shape index (κ1) is 11.5. The van der Waals surface area contributed by atoms with Crippen LogP contribution in [0.4, 0.5) is 5.69 Å². The van der Waals surface area contributed by atoms with E-state index in [1.54, 1.807) is 42.6 Å². The third-order valence-electron chi connectivity index (χ3n) is 2.09. The summed E-state index contributed by atoms with van der Waals surface area (Å²) in [6.45, 7) is 0. The molecule has 0 unspecified atom stereocenters. The molecule has 84 valence electrons. The third kappa shape index (κ3) is 3.50. The Bertz CT molecular complexity index is 521. The quantitative estimate of drug-likeness (QED) is 0.725. The van der Waals surface area contributed by atoms with Gasteiger partial charge in [0.15, 0.2) is 5.78 Å². The van der Waals surface area contributed by atoms with Gasteiger partial charge in [-0.2, -0.15) is 10.2 Å². The zero-order valence-electron chi connectivity index (χ0n) is 8.88. The van der Waals surface area contributed by atoms with Gasteiger partial charge in [0.05, 0.1) is 11.9 Å². The van der Waals surface area contributed by atoms with Crippen molar-refractivity contribution in [2.24, 2.45) is 10.2 Å². The van der Waals surface area contributed by atoms with Crippen molar-refractivity contribution in [2.45, 2.75) is 0 Å². The molecule has 4 heteroatoms. The number of nitrogens with zero attached hydrogens (tertiary/aromatic N) is 2. The van der Waals surface area contributed by atoms with Gasteiger partial charge in [0.2, 0.25) is 0 Å². The molecule has 3 nitrogen and oxygen atoms in total. The van der Waals surface area contributed by atoms with Crippen LogP contribution in [0.25, 0.3) is 0 Å². The van der Waals surface area contributed by atoms with Gasteiger partial charge in [-0.1, -0.05) is 11.6 Å². The van der Waals surface area contributed by atoms with E-state index in [1.165, 1.54) is 12.2 Å². The smallest absolute Gasteiger partial charge is 0.178 e. The lowest BCUT2D eigenvalue weighted by Crippen LogP contribution is -1.90. The summed E-state index contributed by atoms with van der Waals surface area (Å²) in [7, 11) is 0. The number of halogens is 1. The summed E-state index contributed by atoms with van der Waals surface area (Å²) < 4.78 is 0. The van der Waals surface area contributed by atoms with Crippen molar-refractivity contribution in [3.8, 4) is 0 Å². The average molecular weight is 245 g/mol. The van der Waals surface area contributed by atoms with Crippen molar-refractivity contribution >= 4 is 23.1 Å². The van der Waals surface area contributed by atoms with E-state index in [0.29, 0.717) is 5.02 Å². The summed E-state index contributed by atoms with van der Waals surface area (Å²) >= 11 is 5.75. The molecular weight excluding hydrogens is 236 g/mol. The lowest BCUT2D eigenvalue weighted by Gasteiger charge is -1.95. The molecular formula is C13H9ClN2O. The highest BCUT2D eigenvalue weighted by Gasteiger charge is 1.96. The van der Waals surface area contributed by atoms with E-state index < -0.39 is 0 Å². The fourth-order valence-corrected chi connectivity index (χ4v) is 1.35. The van der Waals surface area contributed by atoms with Gasteiger partial charge in [-0.25, -0.2) is 0 Å². The summed E-state index contributed by atoms with van der Waals surface area (Å²) in [4.78, 5) is 10.9. The fraction of sp³-hybridized carbons (Fsp3) is 0. The molecule has 0 atom stereocenters. The average Bonchev–Trinajstić information content (AvgIpc) is 2.34. The minimum atomic E-state index is -0.0169. The highest BCUT2D eigenvalue weighted by Crippen LogP contribution is 2.17. The van der Waals surface area contributed by atoms with Crippen molar-refractivity contribution in [2.75, 3.05) is 0 Å². The maximum atomic E-state index is 10.9. The summed E-state index contributed by atoms with van der Waals surface area (Å²) in [5, 5.41) is 8.59. The van der Waals surface area contributed by atoms with Gasteiger partial charge in [0, 0.05) is 5.02 Å². The number of carbonyl (C=O) groups is 1. The SMILES string of the molecule is O=C1C=CC(=CN=Nc2ccc(Cl)cc2)C=C1. The second kappa shape index (κ2) is 5.37. The molecule has 0 aliphatic heterocycles. The summed E-state index contributed by atoms with van der Waals surface area (Å²) in [5.41, 5.74) is 1.56. The second-order valence-corrected chi connectivity index (χ2v) is 3.83. The monoisotopic (exact) mass is 244 g/mol. The number of allylic oxidation sites excluding steroid dienone is 5. The van der Waals surface area contributed by atoms with Crippen LogP contribution in [0.2, 0.25) is 5.02 Å². The molecule has 0 saturated carbocycles. The van der Waals surface area contributed by atoms with Crippen molar-refractivity contribution < 1.29 is 4.79 Å². The second-order valence-electron chi connectivity index (χ2n) is 3.39. The van der Waals surface area contributed by atoms with Crippen LogP contribution in [-0.4, -0.2) is 5.78 Å². The predicted molar refractivity (Wildman–Crippen MR) is 67.3 cm³/mol. The Morgan fingerprint density at radius 3 is 2.29 bits per heavy atom. The van der Waals surface area contributed by atoms with E-state index in [0.717, 1.165) is 11.3 Å². The molecule has 1 aromatic carbocycles. The first-order chi connectivity index (χ1) is 8.24. The fourth-order valence-electron chi connectivity index (χ4n) is 1.22. The van der Waals surface area contributed by atoms with Crippen LogP contribution in [0.1, 0.15) is 0 Å². The van der Waals surface area contributed by atoms with E-state index in [-0.39, 0.29) is 5.78 Å². The molecule has 1 aliphatic rings. The summed E-state index contributed by atoms with van der Waals surface area (Å²) in [6, 6.07) is 7.06. The van der Waals surface area contributed by atoms with Gasteiger partial charge in [-0.15, -0.1) is 0 Å². The minimum Gasteiger partial charge on any atom is -0.290 e. The molecule has 0 bridgehead atoms. The molecule has 0 saturated heterocycles. The predicted octanol–water partition coefficient (Wildman–Crippen LogP) is 4.00. The molecule has 2 rings (SSSR count). The van der Waals surface area contributed by atoms with Crippen molar-refractivity contribution in [3.63, 3.8) is 0 Å². The van der Waals surface area contributed by atoms with Crippen LogP contribution < -0.4 is 0 Å². The Hall–Kier alpha value is -2.00. The molecule has 17 heavy (non-hydrogen) atoms. The van der Waals surface area contributed by atoms with Crippen molar-refractivity contribution in [3.05, 3.63) is 65.4 Å². The molecule has 0 aromatic heterocycles. The highest BCUT2D eigenvalue weighted by molar-refractivity contribution is 6.30. The Balaban J connectivity index is 2.05. The molecule has 0 N–H and O–H groups in total. The van der Waals surface area contributed by atoms with Crippen LogP contribution in [-0.2, 0) is 4.79 Å². The summed E-state index contributed by atoms with van der Waals surface area (Å²) in [6.07, 6.45) is 7.97. The van der Waals surface area contributed by atoms with Crippen LogP contribution >= 0.6 is 11.6 Å². The largest absolute Gasteiger partial charge is 0.290 e. The van der Waals surface area contributed by atoms with Crippen LogP contribution in [0.5, 0.6) is 0 Å². The van der Waals surface area contributed by atoms with Gasteiger partial charge in [0.1, 0.15) is 0 Å². The molecule has 0 heterocycles. The van der Waals surface area contributed by atoms with Crippen molar-refractivity contribution in [1.29, 1.82) is 0 Å². The number of carbonyl (C=O) groups excluding carboxylic acids is 1. The molecule has 1 aliphatic carbocycles. The van der Waals surface area contributed by atoms with E-state index in [1.807, 2.05) is 0 Å². The molecule has 0 radical (unpaired) electrons. The maximum absolute atomic E-state index is 10.9. The van der Waals surface area contributed by atoms with E-state index in [4.69, 9.17) is 11.6 Å². The number of azo groups is 1. The number of benzene rings is 1. The Morgan fingerprint density at radius 2 is 1.65 bits per heavy atom. The zero-order valence-corrected chi connectivity index (χ0v) is 9.63. The van der Waals surface area contributed by atoms with Gasteiger partial charge in [-0.05, 0) is 54.1 Å². The lowest BCUT2D eigenvalue weighted by atomic mass is 10.1. The van der Waals surface area contributed by atoms with Gasteiger partial charge in [-0.3, -0.25) is 4.79 Å². The Kier molecular flexibility index (Phi) is 3.62.